The van der Waals surface area contributed by atoms with Crippen LogP contribution in [0.25, 0.3) is 0 Å². The number of hydrogen-bond donors (Lipinski definition) is 2. The van der Waals surface area contributed by atoms with Crippen LogP contribution in [0.2, 0.25) is 0 Å². The fourth-order valence-corrected chi connectivity index (χ4v) is 7.02. The molecule has 12 nitrogen and oxygen atoms in total. The van der Waals surface area contributed by atoms with Gasteiger partial charge in [0.2, 0.25) is 11.8 Å². The predicted molar refractivity (Wildman–Crippen MR) is 209 cm³/mol. The van der Waals surface area contributed by atoms with E-state index < -0.39 is 20.8 Å². The Hall–Kier alpha value is -1.32. The maximum atomic E-state index is 13.0. The first-order chi connectivity index (χ1) is 24.9. The maximum Gasteiger partial charge on any atom is 0.397 e. The van der Waals surface area contributed by atoms with E-state index in [1.807, 2.05) is 0 Å². The lowest BCUT2D eigenvalue weighted by molar-refractivity contribution is -0.132. The zero-order valence-corrected chi connectivity index (χ0v) is 34.5. The smallest absolute Gasteiger partial charge is 0.343 e. The molecule has 0 aliphatic carbocycles. The van der Waals surface area contributed by atoms with Crippen molar-refractivity contribution >= 4 is 32.6 Å². The third-order valence-corrected chi connectivity index (χ3v) is 10.3. The average molecular weight is 785 g/mol. The number of amides is 2. The van der Waals surface area contributed by atoms with Crippen molar-refractivity contribution in [3.63, 3.8) is 0 Å². The minimum atomic E-state index is -4.50. The summed E-state index contributed by atoms with van der Waals surface area (Å²) in [5.74, 6) is 0.146. The molecule has 52 heavy (non-hydrogen) atoms. The summed E-state index contributed by atoms with van der Waals surface area (Å²) in [4.78, 5) is 29.6. The Balaban J connectivity index is 4.55. The number of carbonyl (C=O) groups is 2. The third kappa shape index (κ3) is 35.7. The largest absolute Gasteiger partial charge is 0.397 e. The van der Waals surface area contributed by atoms with Crippen molar-refractivity contribution in [2.45, 2.75) is 194 Å². The van der Waals surface area contributed by atoms with E-state index in [0.29, 0.717) is 51.9 Å². The normalized spacial score (nSPS) is 12.0. The van der Waals surface area contributed by atoms with E-state index in [9.17, 15) is 26.4 Å². The molecule has 0 bridgehead atoms. The van der Waals surface area contributed by atoms with Gasteiger partial charge >= 0.3 is 20.8 Å². The fourth-order valence-electron chi connectivity index (χ4n) is 6.36. The lowest BCUT2D eigenvalue weighted by Crippen LogP contribution is -2.33. The van der Waals surface area contributed by atoms with Gasteiger partial charge in [0.1, 0.15) is 0 Å². The Labute approximate surface area is 318 Å². The summed E-state index contributed by atoms with van der Waals surface area (Å²) in [6, 6.07) is 0. The molecular formula is C38H76N2O10S2. The molecule has 0 atom stereocenters. The van der Waals surface area contributed by atoms with E-state index >= 15 is 0 Å². The summed E-state index contributed by atoms with van der Waals surface area (Å²) in [6.07, 6.45) is 28.3. The standard InChI is InChI=1S/C38H76N2O10S2/c1-3-5-7-9-11-13-15-19-23-29-37(41)39(33-27-35-49-51(43,44)45)31-25-21-17-18-22-26-32-40(34-28-36-50-52(46,47)48)38(42)30-24-20-16-14-12-10-8-6-4-2/h3-36H2,1-2H3,(H,43,44,45)(H,46,47,48). The van der Waals surface area contributed by atoms with Crippen LogP contribution in [-0.4, -0.2) is 86.9 Å². The molecule has 0 aliphatic heterocycles. The highest BCUT2D eigenvalue weighted by Gasteiger charge is 2.15. The number of unbranched alkanes of at least 4 members (excludes halogenated alkanes) is 21. The van der Waals surface area contributed by atoms with Crippen molar-refractivity contribution in [2.75, 3.05) is 39.4 Å². The summed E-state index contributed by atoms with van der Waals surface area (Å²) >= 11 is 0. The fraction of sp³-hybridized carbons (Fsp3) is 0.947. The lowest BCUT2D eigenvalue weighted by Gasteiger charge is -2.23. The molecule has 0 saturated heterocycles. The minimum Gasteiger partial charge on any atom is -0.343 e. The van der Waals surface area contributed by atoms with Crippen LogP contribution in [0.15, 0.2) is 0 Å². The second-order valence-corrected chi connectivity index (χ2v) is 16.4. The van der Waals surface area contributed by atoms with Gasteiger partial charge in [0.25, 0.3) is 0 Å². The molecule has 0 aromatic heterocycles. The molecule has 0 fully saturated rings. The van der Waals surface area contributed by atoms with E-state index in [1.165, 1.54) is 77.0 Å². The number of hydrogen-bond acceptors (Lipinski definition) is 8. The van der Waals surface area contributed by atoms with Crippen LogP contribution in [0.4, 0.5) is 0 Å². The second-order valence-electron chi connectivity index (χ2n) is 14.2. The molecule has 2 N–H and O–H groups in total. The Morgan fingerprint density at radius 2 is 0.654 bits per heavy atom. The van der Waals surface area contributed by atoms with Gasteiger partial charge in [0, 0.05) is 39.0 Å². The molecule has 310 valence electrons. The first kappa shape index (κ1) is 50.7. The molecular weight excluding hydrogens is 709 g/mol. The van der Waals surface area contributed by atoms with Gasteiger partial charge in [-0.1, -0.05) is 142 Å². The van der Waals surface area contributed by atoms with E-state index in [0.717, 1.165) is 77.0 Å². The Kier molecular flexibility index (Phi) is 33.3. The predicted octanol–water partition coefficient (Wildman–Crippen LogP) is 9.25. The van der Waals surface area contributed by atoms with Gasteiger partial charge in [0.15, 0.2) is 0 Å². The van der Waals surface area contributed by atoms with Crippen molar-refractivity contribution in [1.29, 1.82) is 0 Å². The van der Waals surface area contributed by atoms with Crippen LogP contribution in [0.3, 0.4) is 0 Å². The summed E-state index contributed by atoms with van der Waals surface area (Å²) in [7, 11) is -9.00. The lowest BCUT2D eigenvalue weighted by atomic mass is 10.1. The van der Waals surface area contributed by atoms with Crippen molar-refractivity contribution in [3.05, 3.63) is 0 Å². The number of nitrogens with zero attached hydrogens (tertiary/aromatic N) is 2. The minimum absolute atomic E-state index is 0.0731. The van der Waals surface area contributed by atoms with Gasteiger partial charge in [-0.25, -0.2) is 8.37 Å². The van der Waals surface area contributed by atoms with Crippen LogP contribution >= 0.6 is 0 Å². The van der Waals surface area contributed by atoms with Crippen molar-refractivity contribution in [3.8, 4) is 0 Å². The molecule has 0 saturated carbocycles. The zero-order chi connectivity index (χ0) is 38.8. The van der Waals surface area contributed by atoms with Gasteiger partial charge in [-0.2, -0.15) is 16.8 Å². The highest BCUT2D eigenvalue weighted by molar-refractivity contribution is 7.81. The Morgan fingerprint density at radius 1 is 0.404 bits per heavy atom. The van der Waals surface area contributed by atoms with Crippen LogP contribution in [0.1, 0.15) is 194 Å². The van der Waals surface area contributed by atoms with Gasteiger partial charge < -0.3 is 9.80 Å². The Bertz CT molecular complexity index is 990. The molecule has 0 aromatic rings. The monoisotopic (exact) mass is 784 g/mol. The summed E-state index contributed by atoms with van der Waals surface area (Å²) in [5.41, 5.74) is 0. The van der Waals surface area contributed by atoms with Gasteiger partial charge in [-0.05, 0) is 38.5 Å². The van der Waals surface area contributed by atoms with E-state index in [4.69, 9.17) is 9.11 Å². The molecule has 0 heterocycles. The van der Waals surface area contributed by atoms with Crippen molar-refractivity contribution < 1.29 is 43.9 Å². The van der Waals surface area contributed by atoms with E-state index in [1.54, 1.807) is 9.80 Å². The van der Waals surface area contributed by atoms with E-state index in [2.05, 4.69) is 22.2 Å². The topological polar surface area (TPSA) is 168 Å². The maximum absolute atomic E-state index is 13.0. The van der Waals surface area contributed by atoms with Gasteiger partial charge in [-0.3, -0.25) is 18.7 Å². The summed E-state index contributed by atoms with van der Waals surface area (Å²) in [6.45, 7) is 6.02. The average Bonchev–Trinajstić information content (AvgIpc) is 3.08. The molecule has 0 spiro atoms. The SMILES string of the molecule is CCCCCCCCCCCC(=O)N(CCCCCCCCN(CCCOS(=O)(=O)O)C(=O)CCCCCCCCCCC)CCCOS(=O)(=O)O. The number of carbonyl (C=O) groups excluding carboxylic acids is 2. The van der Waals surface area contributed by atoms with Gasteiger partial charge in [0.05, 0.1) is 13.2 Å². The second kappa shape index (κ2) is 34.2. The molecule has 0 unspecified atom stereocenters. The molecule has 0 rings (SSSR count). The third-order valence-electron chi connectivity index (χ3n) is 9.41. The van der Waals surface area contributed by atoms with Crippen LogP contribution in [0.5, 0.6) is 0 Å². The quantitative estimate of drug-likeness (QED) is 0.0453. The highest BCUT2D eigenvalue weighted by atomic mass is 32.3. The molecule has 2 amide bonds. The molecule has 0 aliphatic rings. The molecule has 14 heteroatoms. The number of rotatable bonds is 39. The zero-order valence-electron chi connectivity index (χ0n) is 32.9. The van der Waals surface area contributed by atoms with Crippen LogP contribution in [-0.2, 0) is 38.8 Å². The summed E-state index contributed by atoms with van der Waals surface area (Å²) < 4.78 is 70.2. The van der Waals surface area contributed by atoms with Crippen LogP contribution < -0.4 is 0 Å². The van der Waals surface area contributed by atoms with Crippen LogP contribution in [0, 0.1) is 0 Å². The first-order valence-electron chi connectivity index (χ1n) is 20.7. The summed E-state index contributed by atoms with van der Waals surface area (Å²) in [5, 5.41) is 0. The van der Waals surface area contributed by atoms with Crippen molar-refractivity contribution in [1.82, 2.24) is 9.80 Å². The first-order valence-corrected chi connectivity index (χ1v) is 23.4. The van der Waals surface area contributed by atoms with E-state index in [-0.39, 0.29) is 25.0 Å². The molecule has 0 aromatic carbocycles. The Morgan fingerprint density at radius 3 is 0.942 bits per heavy atom. The highest BCUT2D eigenvalue weighted by Crippen LogP contribution is 2.15. The van der Waals surface area contributed by atoms with Gasteiger partial charge in [-0.15, -0.1) is 0 Å². The van der Waals surface area contributed by atoms with Crippen molar-refractivity contribution in [2.24, 2.45) is 0 Å². The molecule has 0 radical (unpaired) electrons.